The molecule has 0 aliphatic heterocycles. The maximum Gasteiger partial charge on any atom is 0.274 e. The number of anilines is 1. The summed E-state index contributed by atoms with van der Waals surface area (Å²) in [6, 6.07) is 11.2. The summed E-state index contributed by atoms with van der Waals surface area (Å²) in [5.74, 6) is -0.842. The number of carbonyl (C=O) groups excluding carboxylic acids is 2. The predicted molar refractivity (Wildman–Crippen MR) is 92.1 cm³/mol. The second-order valence-electron chi connectivity index (χ2n) is 4.96. The van der Waals surface area contributed by atoms with Gasteiger partial charge in [-0.25, -0.2) is 0 Å². The molecule has 2 aromatic rings. The van der Waals surface area contributed by atoms with Crippen molar-refractivity contribution in [3.8, 4) is 0 Å². The average Bonchev–Trinajstić information content (AvgIpc) is 2.54. The van der Waals surface area contributed by atoms with Crippen LogP contribution in [0.2, 0.25) is 0 Å². The molecular weight excluding hydrogens is 330 g/mol. The Hall–Kier alpha value is -2.87. The van der Waals surface area contributed by atoms with Crippen LogP contribution >= 0.6 is 11.8 Å². The number of rotatable bonds is 6. The number of primary amides is 1. The number of aryl methyl sites for hydroxylation is 1. The molecule has 8 heteroatoms. The van der Waals surface area contributed by atoms with Crippen molar-refractivity contribution in [2.45, 2.75) is 11.8 Å². The molecule has 0 aromatic heterocycles. The number of hydrogen-bond donors (Lipinski definition) is 2. The summed E-state index contributed by atoms with van der Waals surface area (Å²) in [6.45, 7) is 1.62. The highest BCUT2D eigenvalue weighted by atomic mass is 32.2. The van der Waals surface area contributed by atoms with Gasteiger partial charge in [0.05, 0.1) is 16.2 Å². The molecule has 0 aliphatic carbocycles. The summed E-state index contributed by atoms with van der Waals surface area (Å²) < 4.78 is 0. The maximum absolute atomic E-state index is 12.4. The minimum absolute atomic E-state index is 0.0559. The largest absolute Gasteiger partial charge is 0.369 e. The molecule has 0 fully saturated rings. The van der Waals surface area contributed by atoms with Gasteiger partial charge in [-0.3, -0.25) is 19.7 Å². The quantitative estimate of drug-likeness (QED) is 0.474. The summed E-state index contributed by atoms with van der Waals surface area (Å²) in [5, 5.41) is 13.6. The number of nitrogens with zero attached hydrogens (tertiary/aromatic N) is 1. The number of nitrogens with one attached hydrogen (secondary N) is 1. The normalized spacial score (nSPS) is 10.2. The van der Waals surface area contributed by atoms with Crippen molar-refractivity contribution < 1.29 is 14.5 Å². The zero-order valence-corrected chi connectivity index (χ0v) is 13.6. The fourth-order valence-corrected chi connectivity index (χ4v) is 2.80. The van der Waals surface area contributed by atoms with Crippen LogP contribution in [0.15, 0.2) is 47.4 Å². The molecule has 0 bridgehead atoms. The average molecular weight is 345 g/mol. The summed E-state index contributed by atoms with van der Waals surface area (Å²) >= 11 is 1.16. The molecule has 0 saturated carbocycles. The number of nitrogens with two attached hydrogens (primary N) is 1. The van der Waals surface area contributed by atoms with Gasteiger partial charge >= 0.3 is 0 Å². The summed E-state index contributed by atoms with van der Waals surface area (Å²) in [7, 11) is 0. The fourth-order valence-electron chi connectivity index (χ4n) is 2.01. The zero-order chi connectivity index (χ0) is 17.7. The van der Waals surface area contributed by atoms with Gasteiger partial charge in [-0.2, -0.15) is 0 Å². The lowest BCUT2D eigenvalue weighted by molar-refractivity contribution is -0.385. The number of hydrogen-bond acceptors (Lipinski definition) is 5. The van der Waals surface area contributed by atoms with E-state index in [2.05, 4.69) is 5.32 Å². The lowest BCUT2D eigenvalue weighted by Crippen LogP contribution is -2.15. The first-order valence-corrected chi connectivity index (χ1v) is 7.93. The van der Waals surface area contributed by atoms with Crippen molar-refractivity contribution in [1.82, 2.24) is 0 Å². The van der Waals surface area contributed by atoms with E-state index in [4.69, 9.17) is 5.73 Å². The summed E-state index contributed by atoms with van der Waals surface area (Å²) in [4.78, 5) is 34.4. The van der Waals surface area contributed by atoms with Gasteiger partial charge in [0.2, 0.25) is 5.91 Å². The number of thioether (sulfide) groups is 1. The van der Waals surface area contributed by atoms with E-state index in [0.29, 0.717) is 21.7 Å². The Morgan fingerprint density at radius 3 is 2.62 bits per heavy atom. The van der Waals surface area contributed by atoms with E-state index >= 15 is 0 Å². The van der Waals surface area contributed by atoms with Gasteiger partial charge < -0.3 is 11.1 Å². The smallest absolute Gasteiger partial charge is 0.274 e. The molecule has 7 nitrogen and oxygen atoms in total. The monoisotopic (exact) mass is 345 g/mol. The van der Waals surface area contributed by atoms with E-state index in [1.807, 2.05) is 0 Å². The van der Waals surface area contributed by atoms with Gasteiger partial charge in [-0.1, -0.05) is 18.2 Å². The van der Waals surface area contributed by atoms with E-state index in [1.165, 1.54) is 6.07 Å². The molecule has 0 heterocycles. The molecule has 0 saturated heterocycles. The molecular formula is C16H15N3O4S. The third kappa shape index (κ3) is 4.32. The Morgan fingerprint density at radius 1 is 1.25 bits per heavy atom. The molecule has 2 aromatic carbocycles. The topological polar surface area (TPSA) is 115 Å². The number of nitro groups is 1. The number of amides is 2. The fraction of sp³-hybridized carbons (Fsp3) is 0.125. The predicted octanol–water partition coefficient (Wildman–Crippen LogP) is 2.73. The van der Waals surface area contributed by atoms with Crippen LogP contribution in [0.4, 0.5) is 11.4 Å². The Bertz CT molecular complexity index is 808. The molecule has 3 N–H and O–H groups in total. The van der Waals surface area contributed by atoms with Crippen molar-refractivity contribution >= 4 is 35.0 Å². The Morgan fingerprint density at radius 2 is 1.96 bits per heavy atom. The highest BCUT2D eigenvalue weighted by Gasteiger charge is 2.15. The van der Waals surface area contributed by atoms with Gasteiger partial charge in [0.25, 0.3) is 11.6 Å². The lowest BCUT2D eigenvalue weighted by atomic mass is 10.1. The van der Waals surface area contributed by atoms with E-state index in [-0.39, 0.29) is 11.4 Å². The van der Waals surface area contributed by atoms with Gasteiger partial charge in [-0.05, 0) is 25.1 Å². The first kappa shape index (κ1) is 17.5. The van der Waals surface area contributed by atoms with E-state index < -0.39 is 16.7 Å². The summed E-state index contributed by atoms with van der Waals surface area (Å²) in [6.07, 6.45) is 0. The second-order valence-corrected chi connectivity index (χ2v) is 5.98. The molecule has 0 unspecified atom stereocenters. The number of nitro benzene ring substituents is 1. The standard InChI is InChI=1S/C16H15N3O4S/c1-10-6-7-11(8-13(10)19(22)23)18-16(21)12-4-2-3-5-14(12)24-9-15(17)20/h2-8H,9H2,1H3,(H2,17,20)(H,18,21). The lowest BCUT2D eigenvalue weighted by Gasteiger charge is -2.10. The summed E-state index contributed by atoms with van der Waals surface area (Å²) in [5.41, 5.74) is 6.26. The molecule has 0 radical (unpaired) electrons. The van der Waals surface area contributed by atoms with Crippen LogP contribution in [-0.4, -0.2) is 22.5 Å². The first-order chi connectivity index (χ1) is 11.4. The second kappa shape index (κ2) is 7.60. The van der Waals surface area contributed by atoms with E-state index in [0.717, 1.165) is 11.8 Å². The van der Waals surface area contributed by atoms with Crippen molar-refractivity contribution in [2.24, 2.45) is 5.73 Å². The van der Waals surface area contributed by atoms with Gasteiger partial charge in [0.15, 0.2) is 0 Å². The van der Waals surface area contributed by atoms with Crippen LogP contribution < -0.4 is 11.1 Å². The first-order valence-electron chi connectivity index (χ1n) is 6.95. The van der Waals surface area contributed by atoms with Crippen LogP contribution in [0.3, 0.4) is 0 Å². The Balaban J connectivity index is 2.23. The highest BCUT2D eigenvalue weighted by molar-refractivity contribution is 8.00. The maximum atomic E-state index is 12.4. The Kier molecular flexibility index (Phi) is 5.54. The van der Waals surface area contributed by atoms with E-state index in [1.54, 1.807) is 43.3 Å². The van der Waals surface area contributed by atoms with Crippen molar-refractivity contribution in [1.29, 1.82) is 0 Å². The molecule has 2 amide bonds. The zero-order valence-electron chi connectivity index (χ0n) is 12.8. The minimum atomic E-state index is -0.498. The third-order valence-electron chi connectivity index (χ3n) is 3.17. The van der Waals surface area contributed by atoms with Gasteiger partial charge in [0, 0.05) is 22.2 Å². The molecule has 0 spiro atoms. The molecule has 0 aliphatic rings. The van der Waals surface area contributed by atoms with Gasteiger partial charge in [-0.15, -0.1) is 11.8 Å². The van der Waals surface area contributed by atoms with Crippen LogP contribution in [0.5, 0.6) is 0 Å². The van der Waals surface area contributed by atoms with Crippen LogP contribution in [0.1, 0.15) is 15.9 Å². The van der Waals surface area contributed by atoms with Crippen molar-refractivity contribution in [3.05, 3.63) is 63.7 Å². The van der Waals surface area contributed by atoms with Gasteiger partial charge in [0.1, 0.15) is 0 Å². The molecule has 2 rings (SSSR count). The van der Waals surface area contributed by atoms with Crippen molar-refractivity contribution in [3.63, 3.8) is 0 Å². The van der Waals surface area contributed by atoms with E-state index in [9.17, 15) is 19.7 Å². The van der Waals surface area contributed by atoms with Crippen molar-refractivity contribution in [2.75, 3.05) is 11.1 Å². The number of benzene rings is 2. The minimum Gasteiger partial charge on any atom is -0.369 e. The SMILES string of the molecule is Cc1ccc(NC(=O)c2ccccc2SCC(N)=O)cc1[N+](=O)[O-]. The third-order valence-corrected chi connectivity index (χ3v) is 4.26. The Labute approximate surface area is 142 Å². The van der Waals surface area contributed by atoms with Crippen LogP contribution in [0.25, 0.3) is 0 Å². The molecule has 24 heavy (non-hydrogen) atoms. The molecule has 124 valence electrons. The highest BCUT2D eigenvalue weighted by Crippen LogP contribution is 2.25. The number of carbonyl (C=O) groups is 2. The molecule has 0 atom stereocenters. The van der Waals surface area contributed by atoms with Crippen LogP contribution in [-0.2, 0) is 4.79 Å². The van der Waals surface area contributed by atoms with Crippen LogP contribution in [0, 0.1) is 17.0 Å².